The Bertz CT molecular complexity index is 722. The molecule has 0 N–H and O–H groups in total. The number of amides is 1. The Kier molecular flexibility index (Phi) is 2.43. The Morgan fingerprint density at radius 3 is 2.57 bits per heavy atom. The average molecular weight is 279 g/mol. The summed E-state index contributed by atoms with van der Waals surface area (Å²) in [5, 5.41) is 0. The normalized spacial score (nSPS) is 26.1. The van der Waals surface area contributed by atoms with Crippen molar-refractivity contribution in [2.75, 3.05) is 12.0 Å². The molecule has 0 unspecified atom stereocenters. The second kappa shape index (κ2) is 4.10. The van der Waals surface area contributed by atoms with E-state index in [0.29, 0.717) is 0 Å². The molecular formula is C18H17NO2. The summed E-state index contributed by atoms with van der Waals surface area (Å²) in [7, 11) is 1.65. The summed E-state index contributed by atoms with van der Waals surface area (Å²) in [6.07, 6.45) is 0.859. The first kappa shape index (κ1) is 12.5. The first-order valence-electron chi connectivity index (χ1n) is 7.23. The van der Waals surface area contributed by atoms with Crippen LogP contribution in [0.3, 0.4) is 0 Å². The number of hydrogen-bond acceptors (Lipinski definition) is 2. The molecule has 2 aromatic rings. The molecular weight excluding hydrogens is 262 g/mol. The number of nitrogens with zero attached hydrogens (tertiary/aromatic N) is 1. The number of methoxy groups -OCH3 is 1. The third-order valence-corrected chi connectivity index (χ3v) is 4.98. The Morgan fingerprint density at radius 2 is 1.86 bits per heavy atom. The van der Waals surface area contributed by atoms with E-state index in [2.05, 4.69) is 31.2 Å². The minimum Gasteiger partial charge on any atom is -0.497 e. The lowest BCUT2D eigenvalue weighted by Crippen LogP contribution is -2.66. The predicted octanol–water partition coefficient (Wildman–Crippen LogP) is 3.13. The van der Waals surface area contributed by atoms with Crippen LogP contribution >= 0.6 is 0 Å². The first-order chi connectivity index (χ1) is 10.2. The molecule has 3 nitrogen and oxygen atoms in total. The van der Waals surface area contributed by atoms with E-state index in [9.17, 15) is 4.79 Å². The summed E-state index contributed by atoms with van der Waals surface area (Å²) >= 11 is 0. The van der Waals surface area contributed by atoms with Crippen LogP contribution in [-0.4, -0.2) is 13.0 Å². The lowest BCUT2D eigenvalue weighted by Gasteiger charge is -2.53. The van der Waals surface area contributed by atoms with Crippen LogP contribution < -0.4 is 9.64 Å². The van der Waals surface area contributed by atoms with Gasteiger partial charge in [0.25, 0.3) is 0 Å². The zero-order valence-corrected chi connectivity index (χ0v) is 12.2. The third-order valence-electron chi connectivity index (χ3n) is 4.98. The Balaban J connectivity index is 1.78. The number of benzene rings is 2. The van der Waals surface area contributed by atoms with Crippen LogP contribution in [0.4, 0.5) is 5.69 Å². The number of β-lactam (4-membered cyclic amide) rings is 1. The monoisotopic (exact) mass is 279 g/mol. The average Bonchev–Trinajstić information content (AvgIpc) is 2.78. The molecule has 1 heterocycles. The third kappa shape index (κ3) is 1.46. The summed E-state index contributed by atoms with van der Waals surface area (Å²) in [6.45, 7) is 2.18. The fourth-order valence-corrected chi connectivity index (χ4v) is 3.85. The van der Waals surface area contributed by atoms with Gasteiger partial charge in [0, 0.05) is 5.69 Å². The molecule has 1 saturated heterocycles. The standard InChI is InChI=1S/C18H17NO2/c1-18-15-6-4-3-5-12(15)11-16(18)17(20)19(18)13-7-9-14(21-2)10-8-13/h3-10,16H,11H2,1-2H3/t16-,18-/m0/s1. The SMILES string of the molecule is COc1ccc(N2C(=O)[C@@H]3Cc4ccccc4[C@@]32C)cc1. The molecule has 0 spiro atoms. The highest BCUT2D eigenvalue weighted by molar-refractivity contribution is 6.06. The lowest BCUT2D eigenvalue weighted by atomic mass is 9.74. The summed E-state index contributed by atoms with van der Waals surface area (Å²) in [6, 6.07) is 16.1. The number of carbonyl (C=O) groups is 1. The van der Waals surface area contributed by atoms with Gasteiger partial charge in [0.15, 0.2) is 0 Å². The van der Waals surface area contributed by atoms with Gasteiger partial charge in [-0.05, 0) is 48.7 Å². The maximum absolute atomic E-state index is 12.6. The van der Waals surface area contributed by atoms with E-state index in [1.807, 2.05) is 29.2 Å². The van der Waals surface area contributed by atoms with Crippen molar-refractivity contribution in [2.24, 2.45) is 5.92 Å². The summed E-state index contributed by atoms with van der Waals surface area (Å²) in [5.41, 5.74) is 3.32. The molecule has 21 heavy (non-hydrogen) atoms. The zero-order chi connectivity index (χ0) is 14.6. The van der Waals surface area contributed by atoms with E-state index in [4.69, 9.17) is 4.74 Å². The van der Waals surface area contributed by atoms with Crippen molar-refractivity contribution in [3.05, 3.63) is 59.7 Å². The second-order valence-electron chi connectivity index (χ2n) is 5.93. The van der Waals surface area contributed by atoms with E-state index in [-0.39, 0.29) is 17.4 Å². The van der Waals surface area contributed by atoms with Crippen LogP contribution in [0, 0.1) is 5.92 Å². The highest BCUT2D eigenvalue weighted by Crippen LogP contribution is 2.55. The first-order valence-corrected chi connectivity index (χ1v) is 7.23. The van der Waals surface area contributed by atoms with Crippen LogP contribution in [0.25, 0.3) is 0 Å². The molecule has 0 radical (unpaired) electrons. The van der Waals surface area contributed by atoms with Crippen molar-refractivity contribution in [2.45, 2.75) is 18.9 Å². The molecule has 1 aliphatic carbocycles. The molecule has 1 amide bonds. The molecule has 0 saturated carbocycles. The van der Waals surface area contributed by atoms with Crippen LogP contribution in [0.5, 0.6) is 5.75 Å². The molecule has 2 atom stereocenters. The Morgan fingerprint density at radius 1 is 1.14 bits per heavy atom. The van der Waals surface area contributed by atoms with Crippen LogP contribution in [-0.2, 0) is 16.8 Å². The molecule has 1 aliphatic heterocycles. The van der Waals surface area contributed by atoms with Crippen molar-refractivity contribution in [1.82, 2.24) is 0 Å². The van der Waals surface area contributed by atoms with Gasteiger partial charge in [0.2, 0.25) is 5.91 Å². The largest absolute Gasteiger partial charge is 0.497 e. The molecule has 106 valence electrons. The zero-order valence-electron chi connectivity index (χ0n) is 12.2. The summed E-state index contributed by atoms with van der Waals surface area (Å²) in [4.78, 5) is 14.5. The van der Waals surface area contributed by atoms with E-state index in [1.165, 1.54) is 11.1 Å². The predicted molar refractivity (Wildman–Crippen MR) is 81.5 cm³/mol. The topological polar surface area (TPSA) is 29.5 Å². The Labute approximate surface area is 124 Å². The van der Waals surface area contributed by atoms with Gasteiger partial charge in [-0.15, -0.1) is 0 Å². The van der Waals surface area contributed by atoms with E-state index in [1.54, 1.807) is 7.11 Å². The maximum Gasteiger partial charge on any atom is 0.233 e. The van der Waals surface area contributed by atoms with E-state index >= 15 is 0 Å². The van der Waals surface area contributed by atoms with E-state index in [0.717, 1.165) is 17.9 Å². The fourth-order valence-electron chi connectivity index (χ4n) is 3.85. The quantitative estimate of drug-likeness (QED) is 0.790. The second-order valence-corrected chi connectivity index (χ2v) is 5.93. The maximum atomic E-state index is 12.6. The molecule has 1 fully saturated rings. The lowest BCUT2D eigenvalue weighted by molar-refractivity contribution is -0.133. The summed E-state index contributed by atoms with van der Waals surface area (Å²) in [5.74, 6) is 1.11. The van der Waals surface area contributed by atoms with Crippen molar-refractivity contribution >= 4 is 11.6 Å². The molecule has 0 bridgehead atoms. The van der Waals surface area contributed by atoms with Crippen molar-refractivity contribution in [1.29, 1.82) is 0 Å². The minimum atomic E-state index is -0.206. The number of rotatable bonds is 2. The molecule has 4 rings (SSSR count). The number of fused-ring (bicyclic) bond motifs is 3. The number of ether oxygens (including phenoxy) is 1. The van der Waals surface area contributed by atoms with Crippen molar-refractivity contribution in [3.8, 4) is 5.75 Å². The van der Waals surface area contributed by atoms with Crippen LogP contribution in [0.1, 0.15) is 18.1 Å². The Hall–Kier alpha value is -2.29. The van der Waals surface area contributed by atoms with Crippen LogP contribution in [0.2, 0.25) is 0 Å². The highest BCUT2D eigenvalue weighted by atomic mass is 16.5. The summed E-state index contributed by atoms with van der Waals surface area (Å²) < 4.78 is 5.19. The van der Waals surface area contributed by atoms with Gasteiger partial charge in [-0.1, -0.05) is 24.3 Å². The van der Waals surface area contributed by atoms with Gasteiger partial charge >= 0.3 is 0 Å². The van der Waals surface area contributed by atoms with Gasteiger partial charge in [-0.25, -0.2) is 0 Å². The van der Waals surface area contributed by atoms with Crippen molar-refractivity contribution < 1.29 is 9.53 Å². The van der Waals surface area contributed by atoms with Crippen LogP contribution in [0.15, 0.2) is 48.5 Å². The van der Waals surface area contributed by atoms with E-state index < -0.39 is 0 Å². The van der Waals surface area contributed by atoms with Gasteiger partial charge in [0.05, 0.1) is 18.6 Å². The smallest absolute Gasteiger partial charge is 0.233 e. The van der Waals surface area contributed by atoms with Gasteiger partial charge in [-0.2, -0.15) is 0 Å². The number of hydrogen-bond donors (Lipinski definition) is 0. The number of anilines is 1. The highest BCUT2D eigenvalue weighted by Gasteiger charge is 2.62. The number of carbonyl (C=O) groups excluding carboxylic acids is 1. The fraction of sp³-hybridized carbons (Fsp3) is 0.278. The molecule has 3 heteroatoms. The molecule has 2 aromatic carbocycles. The van der Waals surface area contributed by atoms with Gasteiger partial charge < -0.3 is 9.64 Å². The van der Waals surface area contributed by atoms with Gasteiger partial charge in [-0.3, -0.25) is 4.79 Å². The van der Waals surface area contributed by atoms with Gasteiger partial charge in [0.1, 0.15) is 5.75 Å². The molecule has 2 aliphatic rings. The minimum absolute atomic E-state index is 0.0806. The molecule has 0 aromatic heterocycles. The van der Waals surface area contributed by atoms with Crippen molar-refractivity contribution in [3.63, 3.8) is 0 Å².